The summed E-state index contributed by atoms with van der Waals surface area (Å²) in [5.41, 5.74) is 4.58. The van der Waals surface area contributed by atoms with Crippen molar-refractivity contribution in [1.29, 1.82) is 0 Å². The molecule has 0 radical (unpaired) electrons. The summed E-state index contributed by atoms with van der Waals surface area (Å²) in [7, 11) is 1.41. The molecule has 0 aromatic rings. The quantitative estimate of drug-likeness (QED) is 0.388. The minimum absolute atomic E-state index is 0.284. The molecule has 0 amide bonds. The van der Waals surface area contributed by atoms with Crippen LogP contribution in [0.15, 0.2) is 23.9 Å². The van der Waals surface area contributed by atoms with E-state index in [9.17, 15) is 15.0 Å². The van der Waals surface area contributed by atoms with Gasteiger partial charge in [-0.3, -0.25) is 11.1 Å². The number of aliphatic carboxylic acids is 1. The summed E-state index contributed by atoms with van der Waals surface area (Å²) in [6.07, 6.45) is 4.07. The fourth-order valence-electron chi connectivity index (χ4n) is 2.28. The number of allylic oxidation sites excluding steroid dienone is 2. The van der Waals surface area contributed by atoms with E-state index in [0.29, 0.717) is 13.0 Å². The highest BCUT2D eigenvalue weighted by Crippen LogP contribution is 2.29. The molecular weight excluding hydrogens is 238 g/mol. The minimum Gasteiger partial charge on any atom is -0.479 e. The van der Waals surface area contributed by atoms with Crippen LogP contribution in [0.2, 0.25) is 0 Å². The molecule has 0 bridgehead atoms. The number of nitrogens with two attached hydrogens (primary N) is 1. The normalized spacial score (nSPS) is 39.3. The molecule has 7 nitrogen and oxygen atoms in total. The van der Waals surface area contributed by atoms with Gasteiger partial charge in [-0.25, -0.2) is 4.79 Å². The fraction of sp³-hybridized carbons (Fsp3) is 0.545. The van der Waals surface area contributed by atoms with Crippen molar-refractivity contribution in [2.75, 3.05) is 13.7 Å². The van der Waals surface area contributed by atoms with Gasteiger partial charge in [-0.05, 0) is 25.1 Å². The molecule has 18 heavy (non-hydrogen) atoms. The molecule has 2 rings (SSSR count). The van der Waals surface area contributed by atoms with E-state index in [1.165, 1.54) is 7.11 Å². The Morgan fingerprint density at radius 2 is 2.39 bits per heavy atom. The Morgan fingerprint density at radius 3 is 2.89 bits per heavy atom. The lowest BCUT2D eigenvalue weighted by atomic mass is 9.88. The number of hydrogen-bond acceptors (Lipinski definition) is 6. The van der Waals surface area contributed by atoms with Crippen LogP contribution in [-0.4, -0.2) is 47.3 Å². The van der Waals surface area contributed by atoms with Crippen LogP contribution in [0.5, 0.6) is 0 Å². The Labute approximate surface area is 104 Å². The van der Waals surface area contributed by atoms with Crippen LogP contribution in [0.25, 0.3) is 0 Å². The monoisotopic (exact) mass is 255 g/mol. The van der Waals surface area contributed by atoms with Crippen LogP contribution in [-0.2, 0) is 9.53 Å². The van der Waals surface area contributed by atoms with Crippen molar-refractivity contribution in [3.05, 3.63) is 23.9 Å². The first kappa shape index (κ1) is 13.0. The van der Waals surface area contributed by atoms with E-state index in [1.54, 1.807) is 18.2 Å². The fourth-order valence-corrected chi connectivity index (χ4v) is 2.28. The zero-order valence-electron chi connectivity index (χ0n) is 10.0. The lowest BCUT2D eigenvalue weighted by molar-refractivity contribution is -0.146. The number of dihydropyridines is 1. The summed E-state index contributed by atoms with van der Waals surface area (Å²) in [6, 6.07) is 0. The van der Waals surface area contributed by atoms with E-state index in [-0.39, 0.29) is 5.70 Å². The maximum Gasteiger partial charge on any atom is 0.332 e. The number of methoxy groups -OCH3 is 1. The highest BCUT2D eigenvalue weighted by Gasteiger charge is 2.53. The standard InChI is InChI=1S/C11H17N3O4/c1-18-10(12)5-2-3-7(14-10)11(9(16)17)8(15)4-6-13-11/h2-3,5,8,13-15H,4,6,12H2,1H3,(H,16,17). The molecule has 0 saturated carbocycles. The Hall–Kier alpha value is -1.41. The SMILES string of the molecule is COC1(N)C=CC=C(C2(C(=O)O)NCCC2O)N1. The number of carboxylic acids is 1. The first-order valence-corrected chi connectivity index (χ1v) is 5.63. The van der Waals surface area contributed by atoms with Crippen LogP contribution in [0.1, 0.15) is 6.42 Å². The number of aliphatic hydroxyl groups is 1. The predicted molar refractivity (Wildman–Crippen MR) is 63.3 cm³/mol. The largest absolute Gasteiger partial charge is 0.479 e. The van der Waals surface area contributed by atoms with Gasteiger partial charge in [0.05, 0.1) is 6.10 Å². The zero-order valence-corrected chi connectivity index (χ0v) is 10.0. The molecule has 0 aromatic carbocycles. The molecule has 2 heterocycles. The van der Waals surface area contributed by atoms with E-state index in [4.69, 9.17) is 10.5 Å². The van der Waals surface area contributed by atoms with Gasteiger partial charge in [0.25, 0.3) is 0 Å². The lowest BCUT2D eigenvalue weighted by Gasteiger charge is -2.38. The molecule has 3 unspecified atom stereocenters. The summed E-state index contributed by atoms with van der Waals surface area (Å²) in [6.45, 7) is 0.417. The highest BCUT2D eigenvalue weighted by atomic mass is 16.5. The van der Waals surface area contributed by atoms with E-state index in [2.05, 4.69) is 10.6 Å². The number of rotatable bonds is 3. The summed E-state index contributed by atoms with van der Waals surface area (Å²) < 4.78 is 5.07. The molecule has 0 aliphatic carbocycles. The molecule has 2 aliphatic heterocycles. The third kappa shape index (κ3) is 1.81. The number of hydrogen-bond donors (Lipinski definition) is 5. The average molecular weight is 255 g/mol. The summed E-state index contributed by atoms with van der Waals surface area (Å²) in [4.78, 5) is 11.5. The van der Waals surface area contributed by atoms with Gasteiger partial charge < -0.3 is 20.3 Å². The van der Waals surface area contributed by atoms with Gasteiger partial charge in [0, 0.05) is 12.8 Å². The second kappa shape index (κ2) is 4.36. The van der Waals surface area contributed by atoms with Gasteiger partial charge in [0.15, 0.2) is 5.54 Å². The maximum atomic E-state index is 11.5. The van der Waals surface area contributed by atoms with Gasteiger partial charge >= 0.3 is 5.97 Å². The summed E-state index contributed by atoms with van der Waals surface area (Å²) >= 11 is 0. The van der Waals surface area contributed by atoms with Crippen LogP contribution in [0, 0.1) is 0 Å². The summed E-state index contributed by atoms with van der Waals surface area (Å²) in [5.74, 6) is -2.42. The number of aliphatic hydroxyl groups excluding tert-OH is 1. The molecule has 0 spiro atoms. The number of carbonyl (C=O) groups is 1. The summed E-state index contributed by atoms with van der Waals surface area (Å²) in [5, 5.41) is 25.0. The van der Waals surface area contributed by atoms with Crippen LogP contribution >= 0.6 is 0 Å². The van der Waals surface area contributed by atoms with Gasteiger partial charge in [-0.2, -0.15) is 0 Å². The van der Waals surface area contributed by atoms with Gasteiger partial charge in [-0.15, -0.1) is 0 Å². The highest BCUT2D eigenvalue weighted by molar-refractivity contribution is 5.85. The van der Waals surface area contributed by atoms with Crippen molar-refractivity contribution in [3.63, 3.8) is 0 Å². The van der Waals surface area contributed by atoms with Gasteiger partial charge in [-0.1, -0.05) is 6.08 Å². The van der Waals surface area contributed by atoms with Crippen LogP contribution in [0.4, 0.5) is 0 Å². The average Bonchev–Trinajstić information content (AvgIpc) is 2.72. The molecule has 7 heteroatoms. The predicted octanol–water partition coefficient (Wildman–Crippen LogP) is -1.53. The van der Waals surface area contributed by atoms with Gasteiger partial charge in [0.1, 0.15) is 0 Å². The molecule has 100 valence electrons. The molecule has 3 atom stereocenters. The molecule has 1 fully saturated rings. The van der Waals surface area contributed by atoms with Crippen molar-refractivity contribution in [1.82, 2.24) is 10.6 Å². The van der Waals surface area contributed by atoms with Crippen LogP contribution < -0.4 is 16.4 Å². The first-order chi connectivity index (χ1) is 8.44. The molecule has 1 saturated heterocycles. The van der Waals surface area contributed by atoms with Crippen molar-refractivity contribution < 1.29 is 19.7 Å². The molecule has 0 aromatic heterocycles. The molecule has 6 N–H and O–H groups in total. The van der Waals surface area contributed by atoms with E-state index in [0.717, 1.165) is 0 Å². The van der Waals surface area contributed by atoms with Crippen molar-refractivity contribution in [3.8, 4) is 0 Å². The van der Waals surface area contributed by atoms with Crippen LogP contribution in [0.3, 0.4) is 0 Å². The second-order valence-corrected chi connectivity index (χ2v) is 4.41. The lowest BCUT2D eigenvalue weighted by Crippen LogP contribution is -2.65. The van der Waals surface area contributed by atoms with Crippen molar-refractivity contribution in [2.45, 2.75) is 23.9 Å². The minimum atomic E-state index is -1.56. The molecular formula is C11H17N3O4. The van der Waals surface area contributed by atoms with Gasteiger partial charge in [0.2, 0.25) is 5.85 Å². The Morgan fingerprint density at radius 1 is 1.67 bits per heavy atom. The Balaban J connectivity index is 2.37. The van der Waals surface area contributed by atoms with E-state index in [1.807, 2.05) is 0 Å². The topological polar surface area (TPSA) is 117 Å². The smallest absolute Gasteiger partial charge is 0.332 e. The Kier molecular flexibility index (Phi) is 3.16. The zero-order chi connectivity index (χ0) is 13.4. The van der Waals surface area contributed by atoms with E-state index >= 15 is 0 Å². The third-order valence-electron chi connectivity index (χ3n) is 3.36. The number of nitrogens with one attached hydrogen (secondary N) is 2. The third-order valence-corrected chi connectivity index (χ3v) is 3.36. The van der Waals surface area contributed by atoms with Crippen molar-refractivity contribution >= 4 is 5.97 Å². The maximum absolute atomic E-state index is 11.5. The van der Waals surface area contributed by atoms with Crippen molar-refractivity contribution in [2.24, 2.45) is 5.73 Å². The number of carboxylic acid groups (broad SMARTS) is 1. The Bertz CT molecular complexity index is 423. The first-order valence-electron chi connectivity index (χ1n) is 5.63. The number of ether oxygens (including phenoxy) is 1. The second-order valence-electron chi connectivity index (χ2n) is 4.41. The van der Waals surface area contributed by atoms with E-state index < -0.39 is 23.5 Å². The molecule has 2 aliphatic rings.